The van der Waals surface area contributed by atoms with Gasteiger partial charge < -0.3 is 30.6 Å². The highest BCUT2D eigenvalue weighted by Gasteiger charge is 2.38. The number of hydrogen-bond donors (Lipinski definition) is 5. The number of nitrogens with zero attached hydrogens (tertiary/aromatic N) is 9. The van der Waals surface area contributed by atoms with Gasteiger partial charge in [-0.1, -0.05) is 0 Å². The summed E-state index contributed by atoms with van der Waals surface area (Å²) in [7, 11) is 1.95. The van der Waals surface area contributed by atoms with Gasteiger partial charge in [-0.15, -0.1) is 0 Å². The minimum absolute atomic E-state index is 0.305. The maximum Gasteiger partial charge on any atom is 0.490 e. The summed E-state index contributed by atoms with van der Waals surface area (Å²) in [5.74, 6) is -4.01. The molecule has 4 aromatic heterocycles. The molecule has 0 radical (unpaired) electrons. The molecule has 0 bridgehead atoms. The van der Waals surface area contributed by atoms with E-state index in [1.54, 1.807) is 57.9 Å². The second kappa shape index (κ2) is 17.6. The summed E-state index contributed by atoms with van der Waals surface area (Å²) < 4.78 is 38.8. The van der Waals surface area contributed by atoms with Crippen molar-refractivity contribution < 1.29 is 42.3 Å². The molecule has 2 aromatic carbocycles. The minimum atomic E-state index is -5.08. The number of likely N-dealkylation sites (N-methyl/N-ethyl adjacent to an activating group) is 1. The summed E-state index contributed by atoms with van der Waals surface area (Å²) in [6.45, 7) is 10.4. The number of carboxylic acids is 1. The molecule has 19 nitrogen and oxygen atoms in total. The van der Waals surface area contributed by atoms with Crippen molar-refractivity contribution in [2.24, 2.45) is 11.5 Å². The first kappa shape index (κ1) is 43.0. The Morgan fingerprint density at radius 3 is 1.41 bits per heavy atom. The molecule has 59 heavy (non-hydrogen) atoms. The summed E-state index contributed by atoms with van der Waals surface area (Å²) in [5, 5.41) is 21.8. The summed E-state index contributed by atoms with van der Waals surface area (Å²) in [5.41, 5.74) is 16.4. The molecular formula is C37H42F3N13O6. The Bertz CT molecular complexity index is 2410. The SMILES string of the molecule is CCn1nc(C)cc1C(=O)Nc1nc2cc(C(N)=O)ccc2n1CCN(C)CCn1c(NC(=O)c2cc(C)nn2CC)nc2cc(C(N)=O)ccc21.O=C(O)C(F)(F)F. The fourth-order valence-electron chi connectivity index (χ4n) is 6.13. The van der Waals surface area contributed by atoms with Crippen LogP contribution in [0.2, 0.25) is 0 Å². The van der Waals surface area contributed by atoms with E-state index >= 15 is 0 Å². The van der Waals surface area contributed by atoms with E-state index in [1.807, 2.05) is 43.9 Å². The average Bonchev–Trinajstić information content (AvgIpc) is 3.94. The molecule has 6 rings (SSSR count). The molecule has 4 heterocycles. The van der Waals surface area contributed by atoms with Gasteiger partial charge in [0.15, 0.2) is 0 Å². The number of halogens is 3. The van der Waals surface area contributed by atoms with E-state index in [4.69, 9.17) is 21.4 Å². The number of nitrogens with one attached hydrogen (secondary N) is 2. The van der Waals surface area contributed by atoms with Crippen LogP contribution < -0.4 is 22.1 Å². The van der Waals surface area contributed by atoms with Crippen molar-refractivity contribution in [1.82, 2.24) is 43.6 Å². The van der Waals surface area contributed by atoms with Crippen molar-refractivity contribution in [1.29, 1.82) is 0 Å². The molecule has 0 aliphatic rings. The predicted molar refractivity (Wildman–Crippen MR) is 209 cm³/mol. The topological polar surface area (TPSA) is 256 Å². The number of carbonyl (C=O) groups is 5. The van der Waals surface area contributed by atoms with E-state index in [-0.39, 0.29) is 11.8 Å². The van der Waals surface area contributed by atoms with Crippen molar-refractivity contribution in [2.75, 3.05) is 30.8 Å². The third kappa shape index (κ3) is 9.90. The van der Waals surface area contributed by atoms with Crippen LogP contribution in [0.3, 0.4) is 0 Å². The number of benzene rings is 2. The van der Waals surface area contributed by atoms with Gasteiger partial charge in [-0.25, -0.2) is 14.8 Å². The lowest BCUT2D eigenvalue weighted by atomic mass is 10.2. The molecule has 7 N–H and O–H groups in total. The zero-order valence-electron chi connectivity index (χ0n) is 32.7. The first-order valence-electron chi connectivity index (χ1n) is 18.1. The zero-order chi connectivity index (χ0) is 43.3. The average molecular weight is 822 g/mol. The lowest BCUT2D eigenvalue weighted by Crippen LogP contribution is -2.28. The molecule has 0 aliphatic carbocycles. The van der Waals surface area contributed by atoms with Gasteiger partial charge in [-0.05, 0) is 83.3 Å². The van der Waals surface area contributed by atoms with E-state index in [0.29, 0.717) is 95.7 Å². The summed E-state index contributed by atoms with van der Waals surface area (Å²) >= 11 is 0. The fourth-order valence-corrected chi connectivity index (χ4v) is 6.13. The maximum absolute atomic E-state index is 13.4. The Kier molecular flexibility index (Phi) is 12.8. The molecule has 0 saturated carbocycles. The number of fused-ring (bicyclic) bond motifs is 2. The number of aliphatic carboxylic acids is 1. The molecule has 0 aliphatic heterocycles. The Hall–Kier alpha value is -7.10. The van der Waals surface area contributed by atoms with E-state index in [0.717, 1.165) is 11.4 Å². The van der Waals surface area contributed by atoms with Crippen molar-refractivity contribution in [3.8, 4) is 0 Å². The van der Waals surface area contributed by atoms with Crippen LogP contribution in [0.5, 0.6) is 0 Å². The number of amides is 4. The van der Waals surface area contributed by atoms with Crippen molar-refractivity contribution >= 4 is 63.6 Å². The van der Waals surface area contributed by atoms with Gasteiger partial charge in [0.2, 0.25) is 23.7 Å². The monoisotopic (exact) mass is 821 g/mol. The van der Waals surface area contributed by atoms with Crippen LogP contribution >= 0.6 is 0 Å². The number of primary amides is 2. The smallest absolute Gasteiger partial charge is 0.475 e. The van der Waals surface area contributed by atoms with E-state index < -0.39 is 24.0 Å². The van der Waals surface area contributed by atoms with Crippen LogP contribution in [0.15, 0.2) is 48.5 Å². The second-order valence-electron chi connectivity index (χ2n) is 13.3. The van der Waals surface area contributed by atoms with Crippen LogP contribution in [0, 0.1) is 13.8 Å². The lowest BCUT2D eigenvalue weighted by Gasteiger charge is -2.20. The Morgan fingerprint density at radius 1 is 0.712 bits per heavy atom. The highest BCUT2D eigenvalue weighted by atomic mass is 19.4. The highest BCUT2D eigenvalue weighted by Crippen LogP contribution is 2.24. The highest BCUT2D eigenvalue weighted by molar-refractivity contribution is 6.04. The number of imidazole rings is 2. The molecule has 0 atom stereocenters. The standard InChI is InChI=1S/C35H41N13O4.C2HF3O2/c1-6-47-28(16-20(3)42-47)32(51)40-34-38-24-18-22(30(36)49)8-10-26(24)45(34)14-12-44(5)13-15-46-27-11-9-23(31(37)50)19-25(27)39-35(46)41-33(52)29-17-21(4)43-48(29)7-2;3-2(4,5)1(6)7/h8-11,16-19H,6-7,12-15H2,1-5H3,(H2,36,49)(H2,37,50)(H,38,40,51)(H,39,41,52);(H,6,7). The van der Waals surface area contributed by atoms with Crippen LogP contribution in [0.1, 0.15) is 66.9 Å². The number of hydrogen-bond acceptors (Lipinski definition) is 10. The molecule has 6 aromatic rings. The summed E-state index contributed by atoms with van der Waals surface area (Å²) in [6, 6.07) is 13.4. The number of alkyl halides is 3. The maximum atomic E-state index is 13.4. The van der Waals surface area contributed by atoms with E-state index in [1.165, 1.54) is 0 Å². The van der Waals surface area contributed by atoms with Crippen molar-refractivity contribution in [3.05, 3.63) is 82.4 Å². The Labute approximate surface area is 333 Å². The number of anilines is 2. The summed E-state index contributed by atoms with van der Waals surface area (Å²) in [6.07, 6.45) is -5.08. The van der Waals surface area contributed by atoms with Crippen LogP contribution in [-0.4, -0.2) is 105 Å². The van der Waals surface area contributed by atoms with Gasteiger partial charge in [-0.3, -0.25) is 39.2 Å². The van der Waals surface area contributed by atoms with E-state index in [9.17, 15) is 32.3 Å². The molecule has 4 amide bonds. The third-order valence-electron chi connectivity index (χ3n) is 9.04. The molecule has 0 fully saturated rings. The number of carbonyl (C=O) groups excluding carboxylic acids is 4. The molecule has 0 saturated heterocycles. The van der Waals surface area contributed by atoms with Crippen molar-refractivity contribution in [2.45, 2.75) is 60.1 Å². The lowest BCUT2D eigenvalue weighted by molar-refractivity contribution is -0.192. The molecule has 312 valence electrons. The number of carboxylic acid groups (broad SMARTS) is 1. The zero-order valence-corrected chi connectivity index (χ0v) is 32.7. The molecular weight excluding hydrogens is 779 g/mol. The van der Waals surface area contributed by atoms with Gasteiger partial charge in [-0.2, -0.15) is 23.4 Å². The minimum Gasteiger partial charge on any atom is -0.475 e. The first-order chi connectivity index (χ1) is 27.8. The number of aryl methyl sites for hydroxylation is 4. The van der Waals surface area contributed by atoms with E-state index in [2.05, 4.69) is 35.7 Å². The molecule has 0 unspecified atom stereocenters. The fraction of sp³-hybridized carbons (Fsp3) is 0.324. The van der Waals surface area contributed by atoms with Crippen LogP contribution in [0.4, 0.5) is 25.1 Å². The first-order valence-corrected chi connectivity index (χ1v) is 18.1. The third-order valence-corrected chi connectivity index (χ3v) is 9.04. The van der Waals surface area contributed by atoms with Gasteiger partial charge in [0.1, 0.15) is 11.4 Å². The Balaban J connectivity index is 0.000000867. The van der Waals surface area contributed by atoms with Crippen molar-refractivity contribution in [3.63, 3.8) is 0 Å². The Morgan fingerprint density at radius 2 is 1.08 bits per heavy atom. The quantitative estimate of drug-likeness (QED) is 0.106. The number of aromatic nitrogens is 8. The largest absolute Gasteiger partial charge is 0.490 e. The predicted octanol–water partition coefficient (Wildman–Crippen LogP) is 3.40. The van der Waals surface area contributed by atoms with Gasteiger partial charge >= 0.3 is 12.1 Å². The second-order valence-corrected chi connectivity index (χ2v) is 13.3. The number of rotatable bonds is 14. The van der Waals surface area contributed by atoms with Gasteiger partial charge in [0.05, 0.1) is 33.5 Å². The molecule has 0 spiro atoms. The van der Waals surface area contributed by atoms with Crippen LogP contribution in [0.25, 0.3) is 22.1 Å². The number of nitrogens with two attached hydrogens (primary N) is 2. The van der Waals surface area contributed by atoms with Crippen LogP contribution in [-0.2, 0) is 31.0 Å². The van der Waals surface area contributed by atoms with Gasteiger partial charge in [0, 0.05) is 50.4 Å². The molecule has 22 heteroatoms. The normalized spacial score (nSPS) is 11.5. The summed E-state index contributed by atoms with van der Waals surface area (Å²) in [4.78, 5) is 71.0. The van der Waals surface area contributed by atoms with Gasteiger partial charge in [0.25, 0.3) is 11.8 Å².